The van der Waals surface area contributed by atoms with E-state index in [0.717, 1.165) is 19.4 Å². The molecule has 3 nitrogen and oxygen atoms in total. The third-order valence-corrected chi connectivity index (χ3v) is 4.23. The second kappa shape index (κ2) is 5.29. The number of halogens is 1. The minimum absolute atomic E-state index is 0.102. The van der Waals surface area contributed by atoms with Crippen molar-refractivity contribution in [1.82, 2.24) is 5.43 Å². The summed E-state index contributed by atoms with van der Waals surface area (Å²) in [5.74, 6) is 5.60. The summed E-state index contributed by atoms with van der Waals surface area (Å²) in [4.78, 5) is 0. The molecule has 0 saturated carbocycles. The highest BCUT2D eigenvalue weighted by molar-refractivity contribution is 14.1. The van der Waals surface area contributed by atoms with Gasteiger partial charge in [0.05, 0.1) is 21.8 Å². The van der Waals surface area contributed by atoms with Crippen LogP contribution in [-0.2, 0) is 4.74 Å². The first-order chi connectivity index (χ1) is 7.31. The number of hydrazine groups is 1. The lowest BCUT2D eigenvalue weighted by molar-refractivity contribution is 0.219. The van der Waals surface area contributed by atoms with E-state index < -0.39 is 0 Å². The van der Waals surface area contributed by atoms with Crippen LogP contribution in [0.15, 0.2) is 23.3 Å². The van der Waals surface area contributed by atoms with Crippen LogP contribution < -0.4 is 11.3 Å². The predicted octanol–water partition coefficient (Wildman–Crippen LogP) is 2.55. The van der Waals surface area contributed by atoms with Crippen LogP contribution in [0.1, 0.15) is 24.4 Å². The standard InChI is InChI=1S/C10H13IN2OS/c11-9-4-8(6-15-9)10(13-12)7-2-1-3-14-5-7/h4-6,10,13H,1-3,12H2. The van der Waals surface area contributed by atoms with E-state index in [4.69, 9.17) is 10.6 Å². The normalized spacial score (nSPS) is 18.1. The Morgan fingerprint density at radius 1 is 1.60 bits per heavy atom. The smallest absolute Gasteiger partial charge is 0.0876 e. The van der Waals surface area contributed by atoms with Crippen LogP contribution in [0.5, 0.6) is 0 Å². The lowest BCUT2D eigenvalue weighted by Crippen LogP contribution is -2.30. The van der Waals surface area contributed by atoms with Crippen molar-refractivity contribution in [2.24, 2.45) is 5.84 Å². The Balaban J connectivity index is 2.19. The van der Waals surface area contributed by atoms with E-state index >= 15 is 0 Å². The Labute approximate surface area is 107 Å². The zero-order valence-electron chi connectivity index (χ0n) is 8.20. The second-order valence-electron chi connectivity index (χ2n) is 3.45. The van der Waals surface area contributed by atoms with Crippen LogP contribution >= 0.6 is 33.9 Å². The van der Waals surface area contributed by atoms with Crippen molar-refractivity contribution in [3.63, 3.8) is 0 Å². The molecule has 0 saturated heterocycles. The fourth-order valence-electron chi connectivity index (χ4n) is 1.69. The van der Waals surface area contributed by atoms with Gasteiger partial charge in [-0.1, -0.05) is 0 Å². The summed E-state index contributed by atoms with van der Waals surface area (Å²) in [7, 11) is 0. The average molecular weight is 336 g/mol. The minimum Gasteiger partial charge on any atom is -0.501 e. The Morgan fingerprint density at radius 3 is 3.00 bits per heavy atom. The van der Waals surface area contributed by atoms with E-state index in [-0.39, 0.29) is 6.04 Å². The number of hydrogen-bond donors (Lipinski definition) is 2. The average Bonchev–Trinajstić information content (AvgIpc) is 2.68. The number of nitrogens with one attached hydrogen (secondary N) is 1. The van der Waals surface area contributed by atoms with Gasteiger partial charge < -0.3 is 4.74 Å². The lowest BCUT2D eigenvalue weighted by Gasteiger charge is -2.21. The molecule has 0 bridgehead atoms. The molecule has 2 heterocycles. The molecule has 0 aromatic carbocycles. The fourth-order valence-corrected chi connectivity index (χ4v) is 3.09. The van der Waals surface area contributed by atoms with Crippen LogP contribution in [0, 0.1) is 2.88 Å². The highest BCUT2D eigenvalue weighted by Gasteiger charge is 2.18. The number of ether oxygens (including phenoxy) is 1. The van der Waals surface area contributed by atoms with Gasteiger partial charge in [-0.2, -0.15) is 0 Å². The van der Waals surface area contributed by atoms with Gasteiger partial charge in [0.15, 0.2) is 0 Å². The summed E-state index contributed by atoms with van der Waals surface area (Å²) in [5.41, 5.74) is 5.32. The molecule has 1 unspecified atom stereocenters. The minimum atomic E-state index is 0.102. The number of thiophene rings is 1. The first kappa shape index (κ1) is 11.4. The summed E-state index contributed by atoms with van der Waals surface area (Å²) >= 11 is 4.06. The van der Waals surface area contributed by atoms with Crippen molar-refractivity contribution in [2.75, 3.05) is 6.61 Å². The van der Waals surface area contributed by atoms with Gasteiger partial charge in [0, 0.05) is 0 Å². The molecule has 1 atom stereocenters. The quantitative estimate of drug-likeness (QED) is 0.507. The van der Waals surface area contributed by atoms with Gasteiger partial charge in [0.25, 0.3) is 0 Å². The Hall–Kier alpha value is -0.110. The molecule has 1 aliphatic heterocycles. The van der Waals surface area contributed by atoms with Gasteiger partial charge in [-0.25, -0.2) is 5.43 Å². The maximum Gasteiger partial charge on any atom is 0.0876 e. The fraction of sp³-hybridized carbons (Fsp3) is 0.400. The molecule has 15 heavy (non-hydrogen) atoms. The highest BCUT2D eigenvalue weighted by atomic mass is 127. The van der Waals surface area contributed by atoms with Crippen LogP contribution in [-0.4, -0.2) is 6.61 Å². The zero-order valence-corrected chi connectivity index (χ0v) is 11.2. The van der Waals surface area contributed by atoms with E-state index in [1.54, 1.807) is 11.3 Å². The van der Waals surface area contributed by atoms with Gasteiger partial charge in [-0.3, -0.25) is 5.84 Å². The van der Waals surface area contributed by atoms with Gasteiger partial charge in [-0.15, -0.1) is 11.3 Å². The summed E-state index contributed by atoms with van der Waals surface area (Å²) in [5, 5.41) is 2.14. The third kappa shape index (κ3) is 2.72. The Morgan fingerprint density at radius 2 is 2.47 bits per heavy atom. The van der Waals surface area contributed by atoms with Crippen molar-refractivity contribution in [3.8, 4) is 0 Å². The van der Waals surface area contributed by atoms with Crippen LogP contribution in [0.25, 0.3) is 0 Å². The molecule has 82 valence electrons. The molecule has 0 spiro atoms. The van der Waals surface area contributed by atoms with E-state index in [2.05, 4.69) is 39.5 Å². The van der Waals surface area contributed by atoms with Crippen molar-refractivity contribution in [2.45, 2.75) is 18.9 Å². The maximum atomic E-state index is 5.60. The first-order valence-electron chi connectivity index (χ1n) is 4.82. The third-order valence-electron chi connectivity index (χ3n) is 2.42. The Kier molecular flexibility index (Phi) is 4.01. The molecular formula is C10H13IN2OS. The summed E-state index contributed by atoms with van der Waals surface area (Å²) in [6.07, 6.45) is 3.98. The van der Waals surface area contributed by atoms with Gasteiger partial charge >= 0.3 is 0 Å². The topological polar surface area (TPSA) is 47.3 Å². The molecule has 3 N–H and O–H groups in total. The monoisotopic (exact) mass is 336 g/mol. The predicted molar refractivity (Wildman–Crippen MR) is 70.4 cm³/mol. The van der Waals surface area contributed by atoms with Crippen LogP contribution in [0.3, 0.4) is 0 Å². The van der Waals surface area contributed by atoms with Crippen LogP contribution in [0.2, 0.25) is 0 Å². The molecule has 0 radical (unpaired) electrons. The van der Waals surface area contributed by atoms with Crippen molar-refractivity contribution in [1.29, 1.82) is 0 Å². The van der Waals surface area contributed by atoms with E-state index in [9.17, 15) is 0 Å². The molecule has 0 amide bonds. The molecule has 0 fully saturated rings. The maximum absolute atomic E-state index is 5.60. The SMILES string of the molecule is NNC(C1=COCCC1)c1csc(I)c1. The molecule has 1 aliphatic rings. The zero-order chi connectivity index (χ0) is 10.7. The number of nitrogens with two attached hydrogens (primary N) is 1. The second-order valence-corrected chi connectivity index (χ2v) is 6.26. The summed E-state index contributed by atoms with van der Waals surface area (Å²) in [6, 6.07) is 2.26. The van der Waals surface area contributed by atoms with Gasteiger partial charge in [-0.05, 0) is 58.0 Å². The van der Waals surface area contributed by atoms with Gasteiger partial charge in [0.1, 0.15) is 0 Å². The molecule has 0 aliphatic carbocycles. The molecule has 1 aromatic heterocycles. The number of rotatable bonds is 3. The van der Waals surface area contributed by atoms with Gasteiger partial charge in [0.2, 0.25) is 0 Å². The molecular weight excluding hydrogens is 323 g/mol. The Bertz CT molecular complexity index is 364. The number of hydrogen-bond acceptors (Lipinski definition) is 4. The summed E-state index contributed by atoms with van der Waals surface area (Å²) in [6.45, 7) is 0.821. The van der Waals surface area contributed by atoms with E-state index in [0.29, 0.717) is 0 Å². The summed E-state index contributed by atoms with van der Waals surface area (Å²) < 4.78 is 6.62. The van der Waals surface area contributed by atoms with E-state index in [1.165, 1.54) is 14.0 Å². The van der Waals surface area contributed by atoms with Crippen molar-refractivity contribution in [3.05, 3.63) is 31.7 Å². The van der Waals surface area contributed by atoms with Crippen LogP contribution in [0.4, 0.5) is 0 Å². The largest absolute Gasteiger partial charge is 0.501 e. The van der Waals surface area contributed by atoms with Crippen molar-refractivity contribution < 1.29 is 4.74 Å². The molecule has 5 heteroatoms. The first-order valence-corrected chi connectivity index (χ1v) is 6.77. The highest BCUT2D eigenvalue weighted by Crippen LogP contribution is 2.30. The lowest BCUT2D eigenvalue weighted by atomic mass is 9.98. The van der Waals surface area contributed by atoms with E-state index in [1.807, 2.05) is 6.26 Å². The van der Waals surface area contributed by atoms with Crippen molar-refractivity contribution >= 4 is 33.9 Å². The molecule has 2 rings (SSSR count). The molecule has 1 aromatic rings.